The van der Waals surface area contributed by atoms with Crippen LogP contribution in [0.3, 0.4) is 0 Å². The summed E-state index contributed by atoms with van der Waals surface area (Å²) >= 11 is 0. The summed E-state index contributed by atoms with van der Waals surface area (Å²) in [4.78, 5) is 18.7. The van der Waals surface area contributed by atoms with Crippen LogP contribution < -0.4 is 14.2 Å². The Morgan fingerprint density at radius 2 is 1.93 bits per heavy atom. The van der Waals surface area contributed by atoms with Gasteiger partial charge in [-0.3, -0.25) is 4.90 Å². The first-order chi connectivity index (χ1) is 13.1. The first-order valence-corrected chi connectivity index (χ1v) is 8.83. The third-order valence-electron chi connectivity index (χ3n) is 4.94. The van der Waals surface area contributed by atoms with Crippen LogP contribution in [0.15, 0.2) is 36.4 Å². The summed E-state index contributed by atoms with van der Waals surface area (Å²) in [5.41, 5.74) is 5.02. The van der Waals surface area contributed by atoms with Gasteiger partial charge >= 0.3 is 6.09 Å². The van der Waals surface area contributed by atoms with Crippen molar-refractivity contribution in [1.29, 1.82) is 0 Å². The summed E-state index contributed by atoms with van der Waals surface area (Å²) < 4.78 is 16.3. The maximum absolute atomic E-state index is 12.5. The first-order valence-electron chi connectivity index (χ1n) is 8.83. The lowest BCUT2D eigenvalue weighted by atomic mass is 10.0. The predicted molar refractivity (Wildman–Crippen MR) is 99.1 cm³/mol. The van der Waals surface area contributed by atoms with Crippen LogP contribution in [0.4, 0.5) is 4.79 Å². The van der Waals surface area contributed by atoms with Crippen LogP contribution >= 0.6 is 0 Å². The molecule has 0 bridgehead atoms. The molecule has 2 aliphatic heterocycles. The molecule has 0 aliphatic carbocycles. The number of rotatable bonds is 2. The van der Waals surface area contributed by atoms with Gasteiger partial charge in [0.2, 0.25) is 12.7 Å². The van der Waals surface area contributed by atoms with E-state index in [1.807, 2.05) is 31.2 Å². The fraction of sp³-hybridized carbons (Fsp3) is 0.238. The molecule has 5 rings (SSSR count). The largest absolute Gasteiger partial charge is 0.454 e. The molecule has 6 heteroatoms. The lowest BCUT2D eigenvalue weighted by Crippen LogP contribution is -2.36. The van der Waals surface area contributed by atoms with Crippen molar-refractivity contribution >= 4 is 17.0 Å². The van der Waals surface area contributed by atoms with Crippen LogP contribution in [0.2, 0.25) is 0 Å². The number of carbonyl (C=O) groups excluding carboxylic acids is 1. The van der Waals surface area contributed by atoms with E-state index in [0.717, 1.165) is 33.3 Å². The molecule has 2 aromatic carbocycles. The molecule has 27 heavy (non-hydrogen) atoms. The molecule has 0 spiro atoms. The van der Waals surface area contributed by atoms with Gasteiger partial charge in [-0.25, -0.2) is 9.78 Å². The minimum absolute atomic E-state index is 0.232. The van der Waals surface area contributed by atoms with Gasteiger partial charge in [0.25, 0.3) is 0 Å². The fourth-order valence-electron chi connectivity index (χ4n) is 3.65. The van der Waals surface area contributed by atoms with E-state index in [4.69, 9.17) is 14.2 Å². The van der Waals surface area contributed by atoms with E-state index in [9.17, 15) is 4.79 Å². The van der Waals surface area contributed by atoms with Gasteiger partial charge in [-0.2, -0.15) is 0 Å². The molecule has 0 radical (unpaired) electrons. The molecule has 0 unspecified atom stereocenters. The van der Waals surface area contributed by atoms with Gasteiger partial charge in [0.15, 0.2) is 11.5 Å². The van der Waals surface area contributed by atoms with Gasteiger partial charge in [-0.05, 0) is 54.8 Å². The molecular weight excluding hydrogens is 344 g/mol. The standard InChI is InChI=1S/C21H18N2O4/c1-12-5-13(2)16-8-15-10-23(21(24)27-20(15)22-17(16)6-12)9-14-3-4-18-19(7-14)26-11-25-18/h3-8H,9-11H2,1-2H3. The highest BCUT2D eigenvalue weighted by molar-refractivity contribution is 5.85. The number of ether oxygens (including phenoxy) is 3. The zero-order valence-corrected chi connectivity index (χ0v) is 15.1. The molecule has 136 valence electrons. The van der Waals surface area contributed by atoms with Crippen molar-refractivity contribution in [3.63, 3.8) is 0 Å². The Morgan fingerprint density at radius 3 is 2.81 bits per heavy atom. The number of carbonyl (C=O) groups is 1. The Hall–Kier alpha value is -3.28. The summed E-state index contributed by atoms with van der Waals surface area (Å²) in [6.07, 6.45) is -0.392. The Balaban J connectivity index is 1.46. The molecule has 2 aliphatic rings. The highest BCUT2D eigenvalue weighted by Gasteiger charge is 2.27. The quantitative estimate of drug-likeness (QED) is 0.687. The number of amides is 1. The Labute approximate surface area is 156 Å². The van der Waals surface area contributed by atoms with E-state index in [1.54, 1.807) is 4.90 Å². The Bertz CT molecular complexity index is 1090. The molecule has 0 saturated carbocycles. The normalized spacial score (nSPS) is 15.0. The molecule has 3 aromatic rings. The Morgan fingerprint density at radius 1 is 1.07 bits per heavy atom. The fourth-order valence-corrected chi connectivity index (χ4v) is 3.65. The average Bonchev–Trinajstić information content (AvgIpc) is 3.09. The van der Waals surface area contributed by atoms with Gasteiger partial charge in [-0.1, -0.05) is 12.1 Å². The van der Waals surface area contributed by atoms with Crippen molar-refractivity contribution in [2.24, 2.45) is 0 Å². The molecule has 1 amide bonds. The lowest BCUT2D eigenvalue weighted by molar-refractivity contribution is 0.133. The number of benzene rings is 2. The highest BCUT2D eigenvalue weighted by Crippen LogP contribution is 2.34. The summed E-state index contributed by atoms with van der Waals surface area (Å²) in [7, 11) is 0. The lowest BCUT2D eigenvalue weighted by Gasteiger charge is -2.27. The smallest absolute Gasteiger partial charge is 0.417 e. The second-order valence-corrected chi connectivity index (χ2v) is 7.01. The van der Waals surface area contributed by atoms with Gasteiger partial charge < -0.3 is 14.2 Å². The summed E-state index contributed by atoms with van der Waals surface area (Å²) in [6, 6.07) is 11.9. The zero-order chi connectivity index (χ0) is 18.5. The number of fused-ring (bicyclic) bond motifs is 3. The third kappa shape index (κ3) is 2.73. The molecule has 1 aromatic heterocycles. The van der Waals surface area contributed by atoms with Crippen molar-refractivity contribution in [1.82, 2.24) is 9.88 Å². The van der Waals surface area contributed by atoms with Crippen molar-refractivity contribution in [3.05, 3.63) is 58.7 Å². The average molecular weight is 362 g/mol. The molecule has 0 saturated heterocycles. The van der Waals surface area contributed by atoms with E-state index in [2.05, 4.69) is 24.0 Å². The van der Waals surface area contributed by atoms with Crippen LogP contribution in [0, 0.1) is 13.8 Å². The third-order valence-corrected chi connectivity index (χ3v) is 4.94. The zero-order valence-electron chi connectivity index (χ0n) is 15.1. The molecule has 0 N–H and O–H groups in total. The number of hydrogen-bond acceptors (Lipinski definition) is 5. The van der Waals surface area contributed by atoms with Crippen molar-refractivity contribution in [2.45, 2.75) is 26.9 Å². The monoisotopic (exact) mass is 362 g/mol. The van der Waals surface area contributed by atoms with Crippen LogP contribution in [-0.4, -0.2) is 22.8 Å². The number of hydrogen-bond donors (Lipinski definition) is 0. The number of pyridine rings is 1. The van der Waals surface area contributed by atoms with Gasteiger partial charge in [0, 0.05) is 17.5 Å². The second-order valence-electron chi connectivity index (χ2n) is 7.01. The van der Waals surface area contributed by atoms with Crippen LogP contribution in [0.5, 0.6) is 17.4 Å². The highest BCUT2D eigenvalue weighted by atomic mass is 16.7. The first kappa shape index (κ1) is 15.9. The van der Waals surface area contributed by atoms with Crippen LogP contribution in [0.25, 0.3) is 10.9 Å². The van der Waals surface area contributed by atoms with E-state index in [0.29, 0.717) is 24.7 Å². The van der Waals surface area contributed by atoms with E-state index in [-0.39, 0.29) is 6.79 Å². The van der Waals surface area contributed by atoms with E-state index >= 15 is 0 Å². The van der Waals surface area contributed by atoms with Gasteiger partial charge in [0.05, 0.1) is 12.1 Å². The summed E-state index contributed by atoms with van der Waals surface area (Å²) in [5, 5.41) is 1.08. The van der Waals surface area contributed by atoms with Crippen LogP contribution in [0.1, 0.15) is 22.3 Å². The minimum atomic E-state index is -0.392. The topological polar surface area (TPSA) is 60.9 Å². The Kier molecular flexibility index (Phi) is 3.47. The molecule has 0 atom stereocenters. The molecule has 3 heterocycles. The maximum Gasteiger partial charge on any atom is 0.417 e. The van der Waals surface area contributed by atoms with E-state index < -0.39 is 6.09 Å². The number of aromatic nitrogens is 1. The number of nitrogens with zero attached hydrogens (tertiary/aromatic N) is 2. The molecule has 0 fully saturated rings. The van der Waals surface area contributed by atoms with Crippen molar-refractivity contribution < 1.29 is 19.0 Å². The van der Waals surface area contributed by atoms with Gasteiger partial charge in [0.1, 0.15) is 0 Å². The maximum atomic E-state index is 12.5. The molecule has 6 nitrogen and oxygen atoms in total. The summed E-state index contributed by atoms with van der Waals surface area (Å²) in [6.45, 7) is 5.23. The van der Waals surface area contributed by atoms with E-state index in [1.165, 1.54) is 5.56 Å². The summed E-state index contributed by atoms with van der Waals surface area (Å²) in [5.74, 6) is 1.84. The van der Waals surface area contributed by atoms with Crippen molar-refractivity contribution in [2.75, 3.05) is 6.79 Å². The predicted octanol–water partition coefficient (Wildman–Crippen LogP) is 4.09. The van der Waals surface area contributed by atoms with Crippen molar-refractivity contribution in [3.8, 4) is 17.4 Å². The van der Waals surface area contributed by atoms with Crippen LogP contribution in [-0.2, 0) is 13.1 Å². The van der Waals surface area contributed by atoms with Gasteiger partial charge in [-0.15, -0.1) is 0 Å². The second kappa shape index (κ2) is 5.87. The SMILES string of the molecule is Cc1cc(C)c2cc3c(nc2c1)OC(=O)N(Cc1ccc2c(c1)OCO2)C3. The number of aryl methyl sites for hydroxylation is 2. The minimum Gasteiger partial charge on any atom is -0.454 e. The molecular formula is C21H18N2O4.